The number of nitrogens with zero attached hydrogens (tertiary/aromatic N) is 6. The Morgan fingerprint density at radius 3 is 2.62 bits per heavy atom. The Labute approximate surface area is 230 Å². The molecule has 2 saturated heterocycles. The summed E-state index contributed by atoms with van der Waals surface area (Å²) in [5.41, 5.74) is -0.595. The average molecular weight is 553 g/mol. The third kappa shape index (κ3) is 4.54. The standard InChI is InChI=1S/C29H31F3N6O2/c1-15-11-35-26(21-8-9-33-28(36-21)29(3,40)17-4-5-17)25(32)24(15)27(39)37-13-19-6-7-23(16(37)2)38(19)14-22-20(31)10-18(30)12-34-22/h8-12,16-17,19,23,40H,4-7,13-14H2,1-3H3/t16-,19+,23-,29+/m1/s1. The van der Waals surface area contributed by atoms with Crippen LogP contribution in [0.2, 0.25) is 0 Å². The van der Waals surface area contributed by atoms with Gasteiger partial charge in [-0.1, -0.05) is 0 Å². The van der Waals surface area contributed by atoms with Crippen molar-refractivity contribution >= 4 is 5.91 Å². The van der Waals surface area contributed by atoms with Crippen LogP contribution in [0.4, 0.5) is 13.2 Å². The lowest BCUT2D eigenvalue weighted by atomic mass is 9.99. The molecule has 6 rings (SSSR count). The third-order valence-electron chi connectivity index (χ3n) is 8.77. The molecule has 2 aliphatic heterocycles. The molecule has 40 heavy (non-hydrogen) atoms. The number of carbonyl (C=O) groups excluding carboxylic acids is 1. The first-order chi connectivity index (χ1) is 19.1. The van der Waals surface area contributed by atoms with E-state index in [1.165, 1.54) is 18.5 Å². The smallest absolute Gasteiger partial charge is 0.257 e. The Morgan fingerprint density at radius 2 is 1.90 bits per heavy atom. The Balaban J connectivity index is 1.27. The van der Waals surface area contributed by atoms with Crippen LogP contribution < -0.4 is 0 Å². The molecule has 11 heteroatoms. The van der Waals surface area contributed by atoms with Crippen molar-refractivity contribution in [3.63, 3.8) is 0 Å². The van der Waals surface area contributed by atoms with E-state index in [0.717, 1.165) is 37.9 Å². The van der Waals surface area contributed by atoms with Crippen molar-refractivity contribution in [3.05, 3.63) is 70.8 Å². The topological polar surface area (TPSA) is 95.3 Å². The number of amides is 1. The molecule has 1 saturated carbocycles. The highest BCUT2D eigenvalue weighted by molar-refractivity contribution is 5.97. The quantitative estimate of drug-likeness (QED) is 0.491. The molecule has 1 N–H and O–H groups in total. The Morgan fingerprint density at radius 1 is 1.12 bits per heavy atom. The van der Waals surface area contributed by atoms with Crippen molar-refractivity contribution in [1.82, 2.24) is 29.7 Å². The van der Waals surface area contributed by atoms with E-state index in [4.69, 9.17) is 0 Å². The highest BCUT2D eigenvalue weighted by Gasteiger charge is 2.47. The summed E-state index contributed by atoms with van der Waals surface area (Å²) >= 11 is 0. The molecule has 4 atom stereocenters. The van der Waals surface area contributed by atoms with E-state index in [9.17, 15) is 18.7 Å². The van der Waals surface area contributed by atoms with Crippen molar-refractivity contribution in [2.45, 2.75) is 76.7 Å². The van der Waals surface area contributed by atoms with E-state index < -0.39 is 29.0 Å². The van der Waals surface area contributed by atoms with Crippen LogP contribution in [-0.4, -0.2) is 65.4 Å². The molecule has 1 aliphatic carbocycles. The first-order valence-corrected chi connectivity index (χ1v) is 13.6. The Bertz CT molecular complexity index is 1480. The summed E-state index contributed by atoms with van der Waals surface area (Å²) < 4.78 is 43.8. The predicted molar refractivity (Wildman–Crippen MR) is 139 cm³/mol. The minimum Gasteiger partial charge on any atom is -0.382 e. The van der Waals surface area contributed by atoms with E-state index in [-0.39, 0.29) is 59.1 Å². The lowest BCUT2D eigenvalue weighted by Gasteiger charge is -2.45. The van der Waals surface area contributed by atoms with Gasteiger partial charge in [0.25, 0.3) is 5.91 Å². The van der Waals surface area contributed by atoms with Gasteiger partial charge in [0.2, 0.25) is 0 Å². The molecule has 210 valence electrons. The van der Waals surface area contributed by atoms with E-state index in [0.29, 0.717) is 12.1 Å². The van der Waals surface area contributed by atoms with Crippen LogP contribution >= 0.6 is 0 Å². The number of fused-ring (bicyclic) bond motifs is 2. The molecule has 5 heterocycles. The van der Waals surface area contributed by atoms with Crippen molar-refractivity contribution in [2.75, 3.05) is 6.54 Å². The molecule has 3 aliphatic rings. The summed E-state index contributed by atoms with van der Waals surface area (Å²) in [6.07, 6.45) is 7.28. The highest BCUT2D eigenvalue weighted by atomic mass is 19.1. The zero-order chi connectivity index (χ0) is 28.3. The summed E-state index contributed by atoms with van der Waals surface area (Å²) in [6, 6.07) is 1.94. The summed E-state index contributed by atoms with van der Waals surface area (Å²) in [4.78, 5) is 34.5. The molecule has 3 fully saturated rings. The van der Waals surface area contributed by atoms with Gasteiger partial charge in [-0.2, -0.15) is 0 Å². The lowest BCUT2D eigenvalue weighted by molar-refractivity contribution is 0.0158. The molecular weight excluding hydrogens is 521 g/mol. The van der Waals surface area contributed by atoms with Gasteiger partial charge in [0.1, 0.15) is 22.9 Å². The monoisotopic (exact) mass is 552 g/mol. The number of piperazine rings is 1. The second-order valence-electron chi connectivity index (χ2n) is 11.4. The van der Waals surface area contributed by atoms with E-state index in [2.05, 4.69) is 24.8 Å². The first kappa shape index (κ1) is 26.8. The number of hydrogen-bond acceptors (Lipinski definition) is 7. The number of aliphatic hydroxyl groups is 1. The fourth-order valence-electron chi connectivity index (χ4n) is 6.25. The minimum absolute atomic E-state index is 0.0570. The number of pyridine rings is 2. The number of aryl methyl sites for hydroxylation is 1. The minimum atomic E-state index is -1.23. The Hall–Kier alpha value is -3.44. The summed E-state index contributed by atoms with van der Waals surface area (Å²) in [7, 11) is 0. The van der Waals surface area contributed by atoms with Crippen LogP contribution in [0.15, 0.2) is 30.7 Å². The number of halogens is 3. The number of hydrogen-bond donors (Lipinski definition) is 1. The van der Waals surface area contributed by atoms with Gasteiger partial charge in [-0.15, -0.1) is 0 Å². The predicted octanol–water partition coefficient (Wildman–Crippen LogP) is 4.15. The van der Waals surface area contributed by atoms with Crippen LogP contribution in [0.5, 0.6) is 0 Å². The maximum atomic E-state index is 16.1. The van der Waals surface area contributed by atoms with Crippen LogP contribution in [0, 0.1) is 30.3 Å². The molecule has 3 aromatic heterocycles. The zero-order valence-electron chi connectivity index (χ0n) is 22.6. The molecule has 3 aromatic rings. The van der Waals surface area contributed by atoms with Gasteiger partial charge in [-0.25, -0.2) is 23.1 Å². The number of carbonyl (C=O) groups is 1. The van der Waals surface area contributed by atoms with Crippen molar-refractivity contribution in [3.8, 4) is 11.4 Å². The normalized spacial score (nSPS) is 24.3. The van der Waals surface area contributed by atoms with Crippen molar-refractivity contribution < 1.29 is 23.1 Å². The zero-order valence-corrected chi connectivity index (χ0v) is 22.6. The maximum absolute atomic E-state index is 16.1. The van der Waals surface area contributed by atoms with Crippen molar-refractivity contribution in [1.29, 1.82) is 0 Å². The molecule has 2 bridgehead atoms. The maximum Gasteiger partial charge on any atom is 0.257 e. The molecule has 0 radical (unpaired) electrons. The average Bonchev–Trinajstić information content (AvgIpc) is 3.73. The van der Waals surface area contributed by atoms with E-state index in [1.54, 1.807) is 18.7 Å². The Kier molecular flexibility index (Phi) is 6.61. The highest BCUT2D eigenvalue weighted by Crippen LogP contribution is 2.44. The largest absolute Gasteiger partial charge is 0.382 e. The fraction of sp³-hybridized carbons (Fsp3) is 0.483. The van der Waals surface area contributed by atoms with Gasteiger partial charge in [0.15, 0.2) is 11.6 Å². The fourth-order valence-corrected chi connectivity index (χ4v) is 6.25. The van der Waals surface area contributed by atoms with Gasteiger partial charge in [-0.3, -0.25) is 19.7 Å². The van der Waals surface area contributed by atoms with Crippen LogP contribution in [-0.2, 0) is 12.1 Å². The van der Waals surface area contributed by atoms with Gasteiger partial charge in [0.05, 0.1) is 23.1 Å². The number of rotatable bonds is 6. The summed E-state index contributed by atoms with van der Waals surface area (Å²) in [5, 5.41) is 10.9. The van der Waals surface area contributed by atoms with Gasteiger partial charge >= 0.3 is 0 Å². The summed E-state index contributed by atoms with van der Waals surface area (Å²) in [5.74, 6) is -2.36. The summed E-state index contributed by atoms with van der Waals surface area (Å²) in [6.45, 7) is 5.78. The van der Waals surface area contributed by atoms with Crippen LogP contribution in [0.25, 0.3) is 11.4 Å². The molecule has 0 spiro atoms. The van der Waals surface area contributed by atoms with Crippen LogP contribution in [0.3, 0.4) is 0 Å². The van der Waals surface area contributed by atoms with Gasteiger partial charge < -0.3 is 10.0 Å². The van der Waals surface area contributed by atoms with E-state index >= 15 is 4.39 Å². The van der Waals surface area contributed by atoms with Gasteiger partial charge in [0, 0.05) is 49.7 Å². The molecule has 8 nitrogen and oxygen atoms in total. The molecule has 0 aromatic carbocycles. The second-order valence-corrected chi connectivity index (χ2v) is 11.4. The SMILES string of the molecule is Cc1cnc(-c2ccnc([C@@](C)(O)C3CC3)n2)c(F)c1C(=O)N1C[C@@H]2CC[C@H]([C@H]1C)N2Cc1ncc(F)cc1F. The second kappa shape index (κ2) is 9.88. The van der Waals surface area contributed by atoms with Crippen LogP contribution in [0.1, 0.15) is 67.0 Å². The number of aromatic nitrogens is 4. The molecule has 0 unspecified atom stereocenters. The van der Waals surface area contributed by atoms with E-state index in [1.807, 2.05) is 6.92 Å². The number of likely N-dealkylation sites (tertiary alicyclic amines) is 1. The molecular formula is C29H31F3N6O2. The first-order valence-electron chi connectivity index (χ1n) is 13.6. The van der Waals surface area contributed by atoms with Crippen molar-refractivity contribution in [2.24, 2.45) is 5.92 Å². The van der Waals surface area contributed by atoms with Gasteiger partial charge in [-0.05, 0) is 64.0 Å². The molecule has 1 amide bonds. The third-order valence-corrected chi connectivity index (χ3v) is 8.77. The lowest BCUT2D eigenvalue weighted by Crippen LogP contribution is -2.60.